The van der Waals surface area contributed by atoms with Crippen LogP contribution in [0.5, 0.6) is 0 Å². The minimum Gasteiger partial charge on any atom is -0.385 e. The molecule has 0 fully saturated rings. The number of H-pyrrole nitrogens is 7. The molecule has 0 aliphatic heterocycles. The van der Waals surface area contributed by atoms with Crippen LogP contribution in [0.1, 0.15) is 18.3 Å². The first-order chi connectivity index (χ1) is 19.7. The van der Waals surface area contributed by atoms with E-state index >= 15 is 0 Å². The Kier molecular flexibility index (Phi) is 14.5. The summed E-state index contributed by atoms with van der Waals surface area (Å²) in [5, 5.41) is 1.55. The largest absolute Gasteiger partial charge is 0.385 e. The second kappa shape index (κ2) is 17.2. The number of anilines is 1. The van der Waals surface area contributed by atoms with Crippen molar-refractivity contribution in [2.45, 2.75) is 20.8 Å². The number of hydrogen-bond acceptors (Lipinski definition) is 9. The molecule has 0 aliphatic rings. The molecule has 0 saturated carbocycles. The molecule has 5 aromatic heterocycles. The number of nitrogens with zero attached hydrogens (tertiary/aromatic N) is 1. The number of rotatable bonds is 2. The first kappa shape index (κ1) is 35.4. The lowest BCUT2D eigenvalue weighted by molar-refractivity contribution is -0.114. The van der Waals surface area contributed by atoms with Crippen molar-refractivity contribution in [1.29, 1.82) is 0 Å². The number of carbonyl (C=O) groups is 2. The van der Waals surface area contributed by atoms with Crippen molar-refractivity contribution in [3.63, 3.8) is 0 Å². The van der Waals surface area contributed by atoms with E-state index in [2.05, 4.69) is 34.9 Å². The van der Waals surface area contributed by atoms with Crippen LogP contribution >= 0.6 is 34.8 Å². The van der Waals surface area contributed by atoms with Gasteiger partial charge in [0.15, 0.2) is 0 Å². The van der Waals surface area contributed by atoms with Gasteiger partial charge in [0.2, 0.25) is 0 Å². The number of aryl methyl sites for hydroxylation is 2. The number of ketones is 1. The third-order valence-electron chi connectivity index (χ3n) is 4.29. The van der Waals surface area contributed by atoms with Gasteiger partial charge in [0.05, 0.1) is 22.5 Å². The zero-order valence-corrected chi connectivity index (χ0v) is 24.5. The van der Waals surface area contributed by atoms with Gasteiger partial charge in [-0.05, 0) is 32.9 Å². The van der Waals surface area contributed by atoms with Gasteiger partial charge in [-0.3, -0.25) is 39.3 Å². The van der Waals surface area contributed by atoms with Crippen LogP contribution in [0.3, 0.4) is 0 Å². The van der Waals surface area contributed by atoms with Gasteiger partial charge in [0.25, 0.3) is 11.1 Å². The van der Waals surface area contributed by atoms with Gasteiger partial charge < -0.3 is 20.5 Å². The monoisotopic (exact) mass is 645 g/mol. The molecule has 0 unspecified atom stereocenters. The van der Waals surface area contributed by atoms with Crippen LogP contribution in [0.15, 0.2) is 42.2 Å². The van der Waals surface area contributed by atoms with Crippen LogP contribution in [-0.4, -0.2) is 63.7 Å². The Morgan fingerprint density at radius 1 is 0.857 bits per heavy atom. The number of aromatic amines is 7. The fourth-order valence-corrected chi connectivity index (χ4v) is 3.02. The van der Waals surface area contributed by atoms with Crippen molar-refractivity contribution in [1.82, 2.24) is 39.9 Å². The van der Waals surface area contributed by atoms with E-state index < -0.39 is 22.6 Å². The molecule has 5 heterocycles. The third kappa shape index (κ3) is 12.2. The van der Waals surface area contributed by atoms with E-state index in [0.717, 1.165) is 22.8 Å². The number of Topliss-reactive ketones (excluding diaryl/α,β-unsaturated/α-hetero) is 1. The van der Waals surface area contributed by atoms with Crippen molar-refractivity contribution in [3.8, 4) is 0 Å². The summed E-state index contributed by atoms with van der Waals surface area (Å²) in [5.74, 6) is 0.343. The Bertz CT molecular complexity index is 1900. The minimum absolute atomic E-state index is 0.0201. The second-order valence-corrected chi connectivity index (χ2v) is 8.87. The number of aromatic nitrogens is 8. The molecule has 0 radical (unpaired) electrons. The van der Waals surface area contributed by atoms with Gasteiger partial charge >= 0.3 is 17.1 Å². The zero-order chi connectivity index (χ0) is 32.0. The number of hydrogen-bond donors (Lipinski definition) is 8. The summed E-state index contributed by atoms with van der Waals surface area (Å²) in [4.78, 5) is 92.8. The molecule has 16 nitrogen and oxygen atoms in total. The molecule has 5 rings (SSSR count). The van der Waals surface area contributed by atoms with E-state index in [0.29, 0.717) is 28.1 Å². The van der Waals surface area contributed by atoms with Gasteiger partial charge in [-0.2, -0.15) is 4.98 Å². The fourth-order valence-electron chi connectivity index (χ4n) is 2.79. The highest BCUT2D eigenvalue weighted by molar-refractivity contribution is 6.33. The Morgan fingerprint density at radius 2 is 1.40 bits per heavy atom. The molecule has 0 atom stereocenters. The molecule has 42 heavy (non-hydrogen) atoms. The Hall–Kier alpha value is -4.67. The van der Waals surface area contributed by atoms with E-state index in [9.17, 15) is 28.8 Å². The van der Waals surface area contributed by atoms with Crippen molar-refractivity contribution in [2.75, 3.05) is 17.5 Å². The highest BCUT2D eigenvalue weighted by Crippen LogP contribution is 2.17. The fraction of sp³-hybridized carbons (Fsp3) is 0.217. The predicted octanol–water partition coefficient (Wildman–Crippen LogP) is 0.950. The Labute approximate surface area is 249 Å². The lowest BCUT2D eigenvalue weighted by Gasteiger charge is -1.89. The second-order valence-electron chi connectivity index (χ2n) is 7.92. The maximum atomic E-state index is 11.1. The SMILES string of the molecule is CC(=O)CCl.Cc1cc2c(=O)[nH]c(=O)[nH]c2[nH]1.Cc1cc2c(Cl)[nH]c(=O)nc2[nH]1.Nc1cc(=O)[nH]c(=O)[nH]1.O=CCCl. The minimum atomic E-state index is -0.583. The molecule has 0 saturated heterocycles. The number of carbonyl (C=O) groups excluding carboxylic acids is 2. The number of aldehydes is 1. The van der Waals surface area contributed by atoms with Crippen molar-refractivity contribution >= 4 is 74.8 Å². The number of fused-ring (bicyclic) bond motifs is 2. The van der Waals surface area contributed by atoms with Crippen molar-refractivity contribution in [3.05, 3.63) is 86.9 Å². The molecular weight excluding hydrogens is 621 g/mol. The molecule has 19 heteroatoms. The van der Waals surface area contributed by atoms with Crippen LogP contribution in [0.4, 0.5) is 5.82 Å². The predicted molar refractivity (Wildman–Crippen MR) is 161 cm³/mol. The quantitative estimate of drug-likeness (QED) is 0.0769. The first-order valence-corrected chi connectivity index (χ1v) is 12.9. The molecule has 226 valence electrons. The summed E-state index contributed by atoms with van der Waals surface area (Å²) in [6, 6.07) is 4.62. The lowest BCUT2D eigenvalue weighted by Crippen LogP contribution is -2.22. The number of alkyl halides is 2. The van der Waals surface area contributed by atoms with Crippen molar-refractivity contribution < 1.29 is 9.59 Å². The average molecular weight is 647 g/mol. The highest BCUT2D eigenvalue weighted by Gasteiger charge is 2.04. The van der Waals surface area contributed by atoms with E-state index in [-0.39, 0.29) is 28.9 Å². The van der Waals surface area contributed by atoms with E-state index in [1.54, 1.807) is 6.07 Å². The highest BCUT2D eigenvalue weighted by atomic mass is 35.5. The molecule has 9 N–H and O–H groups in total. The first-order valence-electron chi connectivity index (χ1n) is 11.4. The van der Waals surface area contributed by atoms with Crippen LogP contribution in [0.25, 0.3) is 22.1 Å². The number of halogens is 3. The third-order valence-corrected chi connectivity index (χ3v) is 5.09. The van der Waals surface area contributed by atoms with Crippen LogP contribution in [-0.2, 0) is 9.59 Å². The average Bonchev–Trinajstić information content (AvgIpc) is 3.45. The number of nitrogen functional groups attached to an aromatic ring is 1. The van der Waals surface area contributed by atoms with Crippen LogP contribution in [0, 0.1) is 13.8 Å². The van der Waals surface area contributed by atoms with Gasteiger partial charge in [0, 0.05) is 17.5 Å². The number of nitrogens with two attached hydrogens (primary N) is 1. The van der Waals surface area contributed by atoms with Gasteiger partial charge in [0.1, 0.15) is 34.3 Å². The van der Waals surface area contributed by atoms with Gasteiger partial charge in [-0.15, -0.1) is 23.2 Å². The molecule has 0 aromatic carbocycles. The molecular formula is C23H26Cl3N9O7. The summed E-state index contributed by atoms with van der Waals surface area (Å²) < 4.78 is 0. The smallest absolute Gasteiger partial charge is 0.348 e. The topological polar surface area (TPSA) is 269 Å². The van der Waals surface area contributed by atoms with Crippen LogP contribution < -0.4 is 33.9 Å². The van der Waals surface area contributed by atoms with Gasteiger partial charge in [-0.25, -0.2) is 14.4 Å². The number of nitrogens with one attached hydrogen (secondary N) is 7. The molecule has 0 spiro atoms. The summed E-state index contributed by atoms with van der Waals surface area (Å²) in [6.07, 6.45) is 0.640. The molecule has 0 aliphatic carbocycles. The standard InChI is InChI=1S/C7H6ClN3O.C7H7N3O2.C4H5N3O2.C3H5ClO.C2H3ClO/c1-3-2-4-5(8)10-7(12)11-6(4)9-3;1-3-2-4-5(8-3)9-7(12)10-6(4)11;5-2-1-3(8)7-4(9)6-2;1-3(5)2-4;3-1-2-4/h2H,1H3,(H2,9,10,11,12);2H,1H3,(H3,8,9,10,11,12);1H,(H4,5,6,7,8,9);2H2,1H3;2H,1H2. The zero-order valence-electron chi connectivity index (χ0n) is 22.2. The molecule has 0 bridgehead atoms. The molecule has 0 amide bonds. The summed E-state index contributed by atoms with van der Waals surface area (Å²) in [6.45, 7) is 5.15. The van der Waals surface area contributed by atoms with E-state index in [1.165, 1.54) is 6.92 Å². The normalized spacial score (nSPS) is 9.67. The summed E-state index contributed by atoms with van der Waals surface area (Å²) in [7, 11) is 0. The van der Waals surface area contributed by atoms with E-state index in [1.807, 2.05) is 24.9 Å². The summed E-state index contributed by atoms with van der Waals surface area (Å²) in [5.41, 5.74) is 5.50. The molecule has 5 aromatic rings. The van der Waals surface area contributed by atoms with Crippen molar-refractivity contribution in [2.24, 2.45) is 0 Å². The summed E-state index contributed by atoms with van der Waals surface area (Å²) >= 11 is 15.6. The Morgan fingerprint density at radius 3 is 1.93 bits per heavy atom. The van der Waals surface area contributed by atoms with E-state index in [4.69, 9.17) is 45.3 Å². The Balaban J connectivity index is 0.000000279. The lowest BCUT2D eigenvalue weighted by atomic mass is 10.4. The maximum absolute atomic E-state index is 11.1. The van der Waals surface area contributed by atoms with Gasteiger partial charge in [-0.1, -0.05) is 11.6 Å². The van der Waals surface area contributed by atoms with Crippen LogP contribution in [0.2, 0.25) is 5.15 Å². The maximum Gasteiger partial charge on any atom is 0.348 e.